The summed E-state index contributed by atoms with van der Waals surface area (Å²) in [5.74, 6) is 0.0659. The quantitative estimate of drug-likeness (QED) is 0.818. The molecule has 0 aliphatic heterocycles. The van der Waals surface area contributed by atoms with Crippen LogP contribution in [-0.4, -0.2) is 29.9 Å². The van der Waals surface area contributed by atoms with Crippen LogP contribution in [0.4, 0.5) is 11.4 Å². The standard InChI is InChI=1S/C17H27N3O/c1-3-16(20(2)15-10-5-4-6-11-15)17(21)19-14-9-7-8-13(18)12-14/h7-9,12,15-16H,3-6,10-11,18H2,1-2H3,(H,19,21). The van der Waals surface area contributed by atoms with Gasteiger partial charge in [0.25, 0.3) is 0 Å². The average molecular weight is 289 g/mol. The summed E-state index contributed by atoms with van der Waals surface area (Å²) in [6.45, 7) is 2.07. The predicted molar refractivity (Wildman–Crippen MR) is 88.2 cm³/mol. The van der Waals surface area contributed by atoms with Crippen molar-refractivity contribution in [3.8, 4) is 0 Å². The molecule has 1 aromatic rings. The fourth-order valence-corrected chi connectivity index (χ4v) is 3.24. The van der Waals surface area contributed by atoms with Crippen LogP contribution in [-0.2, 0) is 4.79 Å². The first-order valence-corrected chi connectivity index (χ1v) is 8.00. The topological polar surface area (TPSA) is 58.4 Å². The lowest BCUT2D eigenvalue weighted by molar-refractivity contribution is -0.122. The summed E-state index contributed by atoms with van der Waals surface area (Å²) in [6.07, 6.45) is 7.12. The van der Waals surface area contributed by atoms with Crippen molar-refractivity contribution in [3.63, 3.8) is 0 Å². The second-order valence-corrected chi connectivity index (χ2v) is 6.00. The number of amides is 1. The number of nitrogens with zero attached hydrogens (tertiary/aromatic N) is 1. The van der Waals surface area contributed by atoms with Crippen molar-refractivity contribution >= 4 is 17.3 Å². The first-order valence-electron chi connectivity index (χ1n) is 8.00. The second-order valence-electron chi connectivity index (χ2n) is 6.00. The molecule has 3 N–H and O–H groups in total. The Morgan fingerprint density at radius 3 is 2.71 bits per heavy atom. The van der Waals surface area contributed by atoms with Crippen LogP contribution in [0.25, 0.3) is 0 Å². The summed E-state index contributed by atoms with van der Waals surface area (Å²) in [6, 6.07) is 7.81. The van der Waals surface area contributed by atoms with Crippen molar-refractivity contribution in [2.24, 2.45) is 0 Å². The monoisotopic (exact) mass is 289 g/mol. The Labute approximate surface area is 127 Å². The van der Waals surface area contributed by atoms with E-state index >= 15 is 0 Å². The van der Waals surface area contributed by atoms with Crippen LogP contribution in [0.5, 0.6) is 0 Å². The summed E-state index contributed by atoms with van der Waals surface area (Å²) in [4.78, 5) is 14.8. The van der Waals surface area contributed by atoms with Gasteiger partial charge in [-0.1, -0.05) is 32.3 Å². The minimum absolute atomic E-state index is 0.0659. The largest absolute Gasteiger partial charge is 0.399 e. The number of nitrogen functional groups attached to an aromatic ring is 1. The molecular formula is C17H27N3O. The van der Waals surface area contributed by atoms with Crippen LogP contribution in [0.15, 0.2) is 24.3 Å². The number of nitrogens with two attached hydrogens (primary N) is 1. The minimum atomic E-state index is -0.0745. The third-order valence-corrected chi connectivity index (χ3v) is 4.49. The van der Waals surface area contributed by atoms with Crippen LogP contribution in [0.1, 0.15) is 45.4 Å². The minimum Gasteiger partial charge on any atom is -0.399 e. The molecule has 4 heteroatoms. The maximum Gasteiger partial charge on any atom is 0.241 e. The van der Waals surface area contributed by atoms with E-state index in [2.05, 4.69) is 24.2 Å². The maximum atomic E-state index is 12.5. The van der Waals surface area contributed by atoms with E-state index in [1.165, 1.54) is 32.1 Å². The first kappa shape index (κ1) is 15.8. The van der Waals surface area contributed by atoms with Crippen molar-refractivity contribution in [1.82, 2.24) is 4.90 Å². The van der Waals surface area contributed by atoms with Gasteiger partial charge in [0.2, 0.25) is 5.91 Å². The SMILES string of the molecule is CCC(C(=O)Nc1cccc(N)c1)N(C)C1CCCCC1. The van der Waals surface area contributed by atoms with Gasteiger partial charge in [-0.3, -0.25) is 9.69 Å². The Balaban J connectivity index is 2.00. The second kappa shape index (κ2) is 7.46. The number of hydrogen-bond acceptors (Lipinski definition) is 3. The molecular weight excluding hydrogens is 262 g/mol. The molecule has 1 amide bonds. The summed E-state index contributed by atoms with van der Waals surface area (Å²) in [5.41, 5.74) is 7.20. The molecule has 2 rings (SSSR count). The van der Waals surface area contributed by atoms with Gasteiger partial charge in [-0.2, -0.15) is 0 Å². The molecule has 1 aliphatic rings. The van der Waals surface area contributed by atoms with Crippen molar-refractivity contribution in [2.75, 3.05) is 18.1 Å². The number of carbonyl (C=O) groups excluding carboxylic acids is 1. The third kappa shape index (κ3) is 4.21. The van der Waals surface area contributed by atoms with Gasteiger partial charge in [-0.25, -0.2) is 0 Å². The lowest BCUT2D eigenvalue weighted by Crippen LogP contribution is -2.47. The predicted octanol–water partition coefficient (Wildman–Crippen LogP) is 3.25. The molecule has 0 radical (unpaired) electrons. The van der Waals surface area contributed by atoms with E-state index in [1.807, 2.05) is 18.2 Å². The summed E-state index contributed by atoms with van der Waals surface area (Å²) in [7, 11) is 2.09. The van der Waals surface area contributed by atoms with Crippen LogP contribution < -0.4 is 11.1 Å². The molecule has 1 aliphatic carbocycles. The van der Waals surface area contributed by atoms with Gasteiger partial charge in [0, 0.05) is 17.4 Å². The Morgan fingerprint density at radius 2 is 2.10 bits per heavy atom. The Hall–Kier alpha value is -1.55. The molecule has 0 bridgehead atoms. The zero-order valence-electron chi connectivity index (χ0n) is 13.1. The van der Waals surface area contributed by atoms with Gasteiger partial charge >= 0.3 is 0 Å². The van der Waals surface area contributed by atoms with Crippen LogP contribution in [0.3, 0.4) is 0 Å². The number of nitrogens with one attached hydrogen (secondary N) is 1. The van der Waals surface area contributed by atoms with E-state index in [0.717, 1.165) is 12.1 Å². The molecule has 0 heterocycles. The normalized spacial score (nSPS) is 17.7. The lowest BCUT2D eigenvalue weighted by atomic mass is 9.93. The van der Waals surface area contributed by atoms with Crippen molar-refractivity contribution < 1.29 is 4.79 Å². The van der Waals surface area contributed by atoms with Crippen molar-refractivity contribution in [3.05, 3.63) is 24.3 Å². The van der Waals surface area contributed by atoms with E-state index in [0.29, 0.717) is 11.7 Å². The molecule has 116 valence electrons. The van der Waals surface area contributed by atoms with Crippen LogP contribution in [0, 0.1) is 0 Å². The molecule has 1 atom stereocenters. The highest BCUT2D eigenvalue weighted by molar-refractivity contribution is 5.95. The first-order chi connectivity index (χ1) is 10.1. The van der Waals surface area contributed by atoms with E-state index in [1.54, 1.807) is 6.07 Å². The van der Waals surface area contributed by atoms with Gasteiger partial charge in [0.05, 0.1) is 6.04 Å². The lowest BCUT2D eigenvalue weighted by Gasteiger charge is -2.36. The number of carbonyl (C=O) groups is 1. The molecule has 1 unspecified atom stereocenters. The molecule has 0 saturated heterocycles. The zero-order valence-corrected chi connectivity index (χ0v) is 13.1. The van der Waals surface area contributed by atoms with Gasteiger partial charge in [0.15, 0.2) is 0 Å². The fraction of sp³-hybridized carbons (Fsp3) is 0.588. The number of benzene rings is 1. The zero-order chi connectivity index (χ0) is 15.2. The molecule has 0 spiro atoms. The van der Waals surface area contributed by atoms with Crippen molar-refractivity contribution in [1.29, 1.82) is 0 Å². The highest BCUT2D eigenvalue weighted by Gasteiger charge is 2.28. The number of likely N-dealkylation sites (N-methyl/N-ethyl adjacent to an activating group) is 1. The Bertz CT molecular complexity index is 469. The average Bonchev–Trinajstić information content (AvgIpc) is 2.48. The van der Waals surface area contributed by atoms with Crippen molar-refractivity contribution in [2.45, 2.75) is 57.5 Å². The smallest absolute Gasteiger partial charge is 0.241 e. The van der Waals surface area contributed by atoms with Gasteiger partial charge in [0.1, 0.15) is 0 Å². The summed E-state index contributed by atoms with van der Waals surface area (Å²) in [5, 5.41) is 2.99. The van der Waals surface area contributed by atoms with E-state index < -0.39 is 0 Å². The number of hydrogen-bond donors (Lipinski definition) is 2. The highest BCUT2D eigenvalue weighted by Crippen LogP contribution is 2.24. The Kier molecular flexibility index (Phi) is 5.62. The molecule has 1 aromatic carbocycles. The van der Waals surface area contributed by atoms with Crippen LogP contribution in [0.2, 0.25) is 0 Å². The molecule has 4 nitrogen and oxygen atoms in total. The summed E-state index contributed by atoms with van der Waals surface area (Å²) >= 11 is 0. The third-order valence-electron chi connectivity index (χ3n) is 4.49. The molecule has 21 heavy (non-hydrogen) atoms. The van der Waals surface area contributed by atoms with Crippen LogP contribution >= 0.6 is 0 Å². The van der Waals surface area contributed by atoms with Gasteiger partial charge in [-0.05, 0) is 44.5 Å². The number of anilines is 2. The summed E-state index contributed by atoms with van der Waals surface area (Å²) < 4.78 is 0. The molecule has 1 fully saturated rings. The molecule has 1 saturated carbocycles. The fourth-order valence-electron chi connectivity index (χ4n) is 3.24. The van der Waals surface area contributed by atoms with Gasteiger partial charge < -0.3 is 11.1 Å². The molecule has 0 aromatic heterocycles. The maximum absolute atomic E-state index is 12.5. The van der Waals surface area contributed by atoms with E-state index in [4.69, 9.17) is 5.73 Å². The Morgan fingerprint density at radius 1 is 1.38 bits per heavy atom. The van der Waals surface area contributed by atoms with E-state index in [-0.39, 0.29) is 11.9 Å². The van der Waals surface area contributed by atoms with Gasteiger partial charge in [-0.15, -0.1) is 0 Å². The number of rotatable bonds is 5. The van der Waals surface area contributed by atoms with E-state index in [9.17, 15) is 4.79 Å². The highest BCUT2D eigenvalue weighted by atomic mass is 16.2.